The third kappa shape index (κ3) is 7.76. The predicted molar refractivity (Wildman–Crippen MR) is 131 cm³/mol. The summed E-state index contributed by atoms with van der Waals surface area (Å²) in [6, 6.07) is 5.29. The van der Waals surface area contributed by atoms with E-state index in [1.54, 1.807) is 6.07 Å². The molecule has 0 radical (unpaired) electrons. The Balaban J connectivity index is 2.11. The van der Waals surface area contributed by atoms with Crippen molar-refractivity contribution in [2.75, 3.05) is 7.11 Å². The Hall–Kier alpha value is -2.02. The molecular weight excluding hydrogens is 461 g/mol. The van der Waals surface area contributed by atoms with E-state index in [0.29, 0.717) is 22.6 Å². The fourth-order valence-corrected chi connectivity index (χ4v) is 5.31. The van der Waals surface area contributed by atoms with Gasteiger partial charge < -0.3 is 4.74 Å². The molecule has 0 amide bonds. The third-order valence-corrected chi connectivity index (χ3v) is 7.42. The van der Waals surface area contributed by atoms with Crippen molar-refractivity contribution in [3.8, 4) is 0 Å². The SMILES string of the molecule is CCCCC1(CC)C=C(SCc2cccc(C(F)(F)F)c2)C(=O)/C1=C\CCCCCC(=O)OC. The van der Waals surface area contributed by atoms with Crippen LogP contribution in [0.25, 0.3) is 0 Å². The summed E-state index contributed by atoms with van der Waals surface area (Å²) in [5, 5.41) is 0. The van der Waals surface area contributed by atoms with Crippen molar-refractivity contribution in [1.82, 2.24) is 0 Å². The monoisotopic (exact) mass is 496 g/mol. The number of hydrogen-bond donors (Lipinski definition) is 0. The Morgan fingerprint density at radius 3 is 2.56 bits per heavy atom. The maximum absolute atomic E-state index is 13.3. The van der Waals surface area contributed by atoms with Gasteiger partial charge in [0.2, 0.25) is 0 Å². The highest BCUT2D eigenvalue weighted by molar-refractivity contribution is 8.03. The van der Waals surface area contributed by atoms with Crippen molar-refractivity contribution in [1.29, 1.82) is 0 Å². The molecule has 2 rings (SSSR count). The number of alkyl halides is 3. The minimum absolute atomic E-state index is 0.00416. The number of halogens is 3. The molecule has 7 heteroatoms. The lowest BCUT2D eigenvalue weighted by atomic mass is 9.75. The van der Waals surface area contributed by atoms with Crippen molar-refractivity contribution >= 4 is 23.5 Å². The van der Waals surface area contributed by atoms with E-state index in [-0.39, 0.29) is 17.2 Å². The number of thioether (sulfide) groups is 1. The number of ether oxygens (including phenoxy) is 1. The first-order valence-electron chi connectivity index (χ1n) is 12.0. The molecule has 0 spiro atoms. The summed E-state index contributed by atoms with van der Waals surface area (Å²) in [7, 11) is 1.38. The summed E-state index contributed by atoms with van der Waals surface area (Å²) >= 11 is 1.32. The molecule has 0 fully saturated rings. The summed E-state index contributed by atoms with van der Waals surface area (Å²) in [5.74, 6) is 0.112. The highest BCUT2D eigenvalue weighted by atomic mass is 32.2. The van der Waals surface area contributed by atoms with Gasteiger partial charge in [0.15, 0.2) is 5.78 Å². The van der Waals surface area contributed by atoms with Crippen molar-refractivity contribution < 1.29 is 27.5 Å². The normalized spacial score (nSPS) is 19.5. The maximum Gasteiger partial charge on any atom is 0.416 e. The molecular formula is C27H35F3O3S. The molecule has 0 saturated carbocycles. The number of Topliss-reactive ketones (excluding diaryl/α,β-unsaturated/α-hetero) is 1. The van der Waals surface area contributed by atoms with Crippen LogP contribution in [0, 0.1) is 5.41 Å². The second-order valence-corrected chi connectivity index (χ2v) is 9.75. The summed E-state index contributed by atoms with van der Waals surface area (Å²) in [6.45, 7) is 4.21. The van der Waals surface area contributed by atoms with Crippen LogP contribution in [0.15, 0.2) is 46.9 Å². The molecule has 1 aliphatic carbocycles. The molecule has 0 bridgehead atoms. The number of benzene rings is 1. The Kier molecular flexibility index (Phi) is 10.9. The van der Waals surface area contributed by atoms with Crippen LogP contribution in [0.3, 0.4) is 0 Å². The quantitative estimate of drug-likeness (QED) is 0.157. The van der Waals surface area contributed by atoms with Gasteiger partial charge in [0, 0.05) is 23.2 Å². The van der Waals surface area contributed by atoms with E-state index in [9.17, 15) is 22.8 Å². The number of unbranched alkanes of at least 4 members (excludes halogenated alkanes) is 4. The lowest BCUT2D eigenvalue weighted by Crippen LogP contribution is -2.20. The highest BCUT2D eigenvalue weighted by Crippen LogP contribution is 2.49. The number of methoxy groups -OCH3 is 1. The number of allylic oxidation sites excluding steroid dienone is 4. The van der Waals surface area contributed by atoms with Gasteiger partial charge in [-0.2, -0.15) is 13.2 Å². The first-order valence-corrected chi connectivity index (χ1v) is 13.0. The number of rotatable bonds is 13. The van der Waals surface area contributed by atoms with Gasteiger partial charge in [-0.05, 0) is 43.7 Å². The number of esters is 1. The van der Waals surface area contributed by atoms with Crippen LogP contribution in [0.1, 0.15) is 82.8 Å². The van der Waals surface area contributed by atoms with Crippen LogP contribution in [0.4, 0.5) is 13.2 Å². The van der Waals surface area contributed by atoms with Crippen LogP contribution in [-0.2, 0) is 26.3 Å². The average Bonchev–Trinajstić information content (AvgIpc) is 3.09. The molecule has 0 aliphatic heterocycles. The van der Waals surface area contributed by atoms with Crippen molar-refractivity contribution in [3.63, 3.8) is 0 Å². The largest absolute Gasteiger partial charge is 0.469 e. The lowest BCUT2D eigenvalue weighted by Gasteiger charge is -2.27. The van der Waals surface area contributed by atoms with E-state index in [2.05, 4.69) is 24.7 Å². The molecule has 1 aromatic rings. The predicted octanol–water partition coefficient (Wildman–Crippen LogP) is 8.04. The zero-order chi connectivity index (χ0) is 25.2. The van der Waals surface area contributed by atoms with Crippen LogP contribution >= 0.6 is 11.8 Å². The second kappa shape index (κ2) is 13.2. The second-order valence-electron chi connectivity index (χ2n) is 8.73. The highest BCUT2D eigenvalue weighted by Gasteiger charge is 2.41. The van der Waals surface area contributed by atoms with Crippen molar-refractivity contribution in [3.05, 3.63) is 58.0 Å². The summed E-state index contributed by atoms with van der Waals surface area (Å²) in [5.41, 5.74) is 0.390. The molecule has 1 unspecified atom stereocenters. The fourth-order valence-electron chi connectivity index (χ4n) is 4.26. The van der Waals surface area contributed by atoms with Crippen molar-refractivity contribution in [2.45, 2.75) is 83.6 Å². The molecule has 1 aliphatic rings. The lowest BCUT2D eigenvalue weighted by molar-refractivity contribution is -0.140. The molecule has 3 nitrogen and oxygen atoms in total. The molecule has 0 aromatic heterocycles. The van der Waals surface area contributed by atoms with E-state index in [4.69, 9.17) is 0 Å². The zero-order valence-electron chi connectivity index (χ0n) is 20.3. The fraction of sp³-hybridized carbons (Fsp3) is 0.556. The van der Waals surface area contributed by atoms with E-state index >= 15 is 0 Å². The van der Waals surface area contributed by atoms with E-state index in [1.165, 1.54) is 24.9 Å². The van der Waals surface area contributed by atoms with Gasteiger partial charge in [0.05, 0.1) is 17.6 Å². The van der Waals surface area contributed by atoms with Crippen LogP contribution < -0.4 is 0 Å². The van der Waals surface area contributed by atoms with Crippen LogP contribution in [0.2, 0.25) is 0 Å². The Bertz CT molecular complexity index is 905. The zero-order valence-corrected chi connectivity index (χ0v) is 21.1. The number of carbonyl (C=O) groups is 2. The maximum atomic E-state index is 13.3. The minimum atomic E-state index is -4.38. The summed E-state index contributed by atoms with van der Waals surface area (Å²) < 4.78 is 43.8. The molecule has 1 aromatic carbocycles. The number of hydrogen-bond acceptors (Lipinski definition) is 4. The Labute approximate surface area is 205 Å². The summed E-state index contributed by atoms with van der Waals surface area (Å²) in [4.78, 5) is 25.2. The van der Waals surface area contributed by atoms with Gasteiger partial charge in [-0.15, -0.1) is 11.8 Å². The average molecular weight is 497 g/mol. The van der Waals surface area contributed by atoms with Gasteiger partial charge in [0.25, 0.3) is 0 Å². The Morgan fingerprint density at radius 1 is 1.15 bits per heavy atom. The molecule has 34 heavy (non-hydrogen) atoms. The van der Waals surface area contributed by atoms with E-state index in [0.717, 1.165) is 69.1 Å². The minimum Gasteiger partial charge on any atom is -0.469 e. The van der Waals surface area contributed by atoms with Crippen LogP contribution in [-0.4, -0.2) is 18.9 Å². The van der Waals surface area contributed by atoms with Crippen LogP contribution in [0.5, 0.6) is 0 Å². The third-order valence-electron chi connectivity index (χ3n) is 6.33. The van der Waals surface area contributed by atoms with Crippen molar-refractivity contribution in [2.24, 2.45) is 5.41 Å². The first kappa shape index (κ1) is 28.2. The van der Waals surface area contributed by atoms with Gasteiger partial charge in [-0.25, -0.2) is 0 Å². The molecule has 0 N–H and O–H groups in total. The first-order chi connectivity index (χ1) is 16.2. The topological polar surface area (TPSA) is 43.4 Å². The van der Waals surface area contributed by atoms with E-state index < -0.39 is 11.7 Å². The molecule has 1 atom stereocenters. The van der Waals surface area contributed by atoms with E-state index in [1.807, 2.05) is 6.08 Å². The number of ketones is 1. The summed E-state index contributed by atoms with van der Waals surface area (Å²) in [6.07, 6.45) is 7.13. The smallest absolute Gasteiger partial charge is 0.416 e. The van der Waals surface area contributed by atoms with Gasteiger partial charge in [0.1, 0.15) is 0 Å². The molecule has 188 valence electrons. The van der Waals surface area contributed by atoms with Gasteiger partial charge in [-0.3, -0.25) is 9.59 Å². The number of carbonyl (C=O) groups excluding carboxylic acids is 2. The molecule has 0 heterocycles. The van der Waals surface area contributed by atoms with Gasteiger partial charge >= 0.3 is 12.1 Å². The molecule has 0 saturated heterocycles. The van der Waals surface area contributed by atoms with Gasteiger partial charge in [-0.1, -0.05) is 63.5 Å². The Morgan fingerprint density at radius 2 is 1.91 bits per heavy atom. The standard InChI is InChI=1S/C27H35F3O3S/c1-4-6-16-26(5-2)18-23(34-19-20-12-11-13-21(17-20)27(28,29)30)25(32)22(26)14-9-7-8-10-15-24(31)33-3/h11-14,17-18H,4-10,15-16,19H2,1-3H3/b22-14+.